The summed E-state index contributed by atoms with van der Waals surface area (Å²) in [6.07, 6.45) is 0. The third kappa shape index (κ3) is 4.83. The molecule has 0 aliphatic carbocycles. The number of fused-ring (bicyclic) bond motifs is 10. The number of nitrogens with one attached hydrogen (secondary N) is 1. The molecule has 0 saturated carbocycles. The molecule has 8 aromatic carbocycles. The van der Waals surface area contributed by atoms with Crippen LogP contribution in [0.4, 0.5) is 0 Å². The van der Waals surface area contributed by atoms with Crippen molar-refractivity contribution in [3.63, 3.8) is 0 Å². The summed E-state index contributed by atoms with van der Waals surface area (Å²) < 4.78 is 13.0. The average molecular weight is 723 g/mol. The van der Waals surface area contributed by atoms with Gasteiger partial charge in [-0.05, 0) is 93.2 Å². The van der Waals surface area contributed by atoms with Crippen LogP contribution in [-0.4, -0.2) is 5.84 Å². The third-order valence-electron chi connectivity index (χ3n) is 11.1. The van der Waals surface area contributed by atoms with Gasteiger partial charge in [0.15, 0.2) is 0 Å². The number of amidine groups is 1. The summed E-state index contributed by atoms with van der Waals surface area (Å²) in [4.78, 5) is 7.89. The normalized spacial score (nSPS) is 15.2. The SMILES string of the molecule is c1ccc(-c2ccc3cc(-c4ccc5c(c4)oc4cccc(C6=NC(c7ccc8c(c7)oc7ccccc78)=C7Sc8ccccc8C7N6)c45)ccc3c2)cc1. The van der Waals surface area contributed by atoms with Gasteiger partial charge in [-0.25, -0.2) is 4.99 Å². The van der Waals surface area contributed by atoms with Gasteiger partial charge in [-0.1, -0.05) is 127 Å². The van der Waals surface area contributed by atoms with Crippen molar-refractivity contribution >= 4 is 77.9 Å². The van der Waals surface area contributed by atoms with Crippen LogP contribution in [-0.2, 0) is 0 Å². The molecular weight excluding hydrogens is 693 g/mol. The first kappa shape index (κ1) is 30.6. The van der Waals surface area contributed by atoms with Gasteiger partial charge in [0.05, 0.1) is 11.7 Å². The van der Waals surface area contributed by atoms with Crippen molar-refractivity contribution in [1.29, 1.82) is 0 Å². The van der Waals surface area contributed by atoms with Crippen LogP contribution in [0.1, 0.15) is 22.7 Å². The van der Waals surface area contributed by atoms with Crippen LogP contribution >= 0.6 is 11.8 Å². The van der Waals surface area contributed by atoms with Crippen molar-refractivity contribution in [2.24, 2.45) is 4.99 Å². The lowest BCUT2D eigenvalue weighted by Crippen LogP contribution is -2.32. The maximum absolute atomic E-state index is 6.62. The monoisotopic (exact) mass is 722 g/mol. The van der Waals surface area contributed by atoms with Crippen molar-refractivity contribution in [1.82, 2.24) is 5.32 Å². The number of hydrogen-bond donors (Lipinski definition) is 1. The quantitative estimate of drug-likeness (QED) is 0.196. The maximum atomic E-state index is 6.62. The maximum Gasteiger partial charge on any atom is 0.136 e. The Morgan fingerprint density at radius 3 is 2.00 bits per heavy atom. The average Bonchev–Trinajstić information content (AvgIpc) is 3.94. The number of aliphatic imine (C=N–C) groups is 1. The fraction of sp³-hybridized carbons (Fsp3) is 0.0200. The molecule has 1 atom stereocenters. The third-order valence-corrected chi connectivity index (χ3v) is 12.4. The number of para-hydroxylation sites is 1. The van der Waals surface area contributed by atoms with Crippen LogP contribution in [0.3, 0.4) is 0 Å². The van der Waals surface area contributed by atoms with Gasteiger partial charge in [-0.2, -0.15) is 0 Å². The van der Waals surface area contributed by atoms with E-state index >= 15 is 0 Å². The topological polar surface area (TPSA) is 50.7 Å². The van der Waals surface area contributed by atoms with E-state index in [0.717, 1.165) is 77.7 Å². The summed E-state index contributed by atoms with van der Waals surface area (Å²) in [5, 5.41) is 10.6. The van der Waals surface area contributed by atoms with Crippen LogP contribution in [0.15, 0.2) is 193 Å². The van der Waals surface area contributed by atoms with Gasteiger partial charge in [-0.3, -0.25) is 0 Å². The molecule has 0 spiro atoms. The molecule has 10 aromatic rings. The summed E-state index contributed by atoms with van der Waals surface area (Å²) in [6.45, 7) is 0. The molecule has 0 amide bonds. The van der Waals surface area contributed by atoms with Crippen molar-refractivity contribution in [2.75, 3.05) is 0 Å². The second kappa shape index (κ2) is 11.8. The zero-order valence-corrected chi connectivity index (χ0v) is 30.2. The van der Waals surface area contributed by atoms with Crippen LogP contribution < -0.4 is 5.32 Å². The highest BCUT2D eigenvalue weighted by Crippen LogP contribution is 2.52. The Hall–Kier alpha value is -6.82. The summed E-state index contributed by atoms with van der Waals surface area (Å²) in [7, 11) is 0. The van der Waals surface area contributed by atoms with Gasteiger partial charge in [-0.15, -0.1) is 0 Å². The number of benzene rings is 8. The van der Waals surface area contributed by atoms with E-state index in [1.807, 2.05) is 12.1 Å². The molecule has 5 heteroatoms. The molecule has 4 heterocycles. The van der Waals surface area contributed by atoms with Gasteiger partial charge >= 0.3 is 0 Å². The first-order valence-corrected chi connectivity index (χ1v) is 19.4. The molecule has 258 valence electrons. The summed E-state index contributed by atoms with van der Waals surface area (Å²) in [5.41, 5.74) is 12.4. The number of hydrogen-bond acceptors (Lipinski definition) is 5. The summed E-state index contributed by atoms with van der Waals surface area (Å²) in [6, 6.07) is 60.1. The van der Waals surface area contributed by atoms with Gasteiger partial charge in [0.2, 0.25) is 0 Å². The second-order valence-electron chi connectivity index (χ2n) is 14.3. The summed E-state index contributed by atoms with van der Waals surface area (Å²) >= 11 is 1.80. The molecule has 2 aliphatic heterocycles. The molecule has 2 aliphatic rings. The minimum Gasteiger partial charge on any atom is -0.456 e. The second-order valence-corrected chi connectivity index (χ2v) is 15.4. The van der Waals surface area contributed by atoms with E-state index in [2.05, 4.69) is 163 Å². The Balaban J connectivity index is 0.966. The molecule has 55 heavy (non-hydrogen) atoms. The van der Waals surface area contributed by atoms with Gasteiger partial charge in [0, 0.05) is 42.5 Å². The van der Waals surface area contributed by atoms with Crippen molar-refractivity contribution in [3.8, 4) is 22.3 Å². The Morgan fingerprint density at radius 1 is 0.473 bits per heavy atom. The van der Waals surface area contributed by atoms with Crippen molar-refractivity contribution in [3.05, 3.63) is 191 Å². The highest BCUT2D eigenvalue weighted by Gasteiger charge is 2.36. The predicted molar refractivity (Wildman–Crippen MR) is 227 cm³/mol. The van der Waals surface area contributed by atoms with Crippen LogP contribution in [0.5, 0.6) is 0 Å². The first-order valence-electron chi connectivity index (χ1n) is 18.5. The minimum atomic E-state index is -0.0215. The van der Waals surface area contributed by atoms with Gasteiger partial charge < -0.3 is 14.2 Å². The zero-order chi connectivity index (χ0) is 36.0. The van der Waals surface area contributed by atoms with Crippen LogP contribution in [0.25, 0.3) is 82.6 Å². The lowest BCUT2D eigenvalue weighted by molar-refractivity contribution is 0.668. The molecule has 0 bridgehead atoms. The van der Waals surface area contributed by atoms with E-state index in [-0.39, 0.29) is 6.04 Å². The smallest absolute Gasteiger partial charge is 0.136 e. The predicted octanol–water partition coefficient (Wildman–Crippen LogP) is 13.5. The molecule has 4 nitrogen and oxygen atoms in total. The zero-order valence-electron chi connectivity index (χ0n) is 29.4. The van der Waals surface area contributed by atoms with Gasteiger partial charge in [0.1, 0.15) is 28.2 Å². The van der Waals surface area contributed by atoms with Crippen LogP contribution in [0, 0.1) is 0 Å². The lowest BCUT2D eigenvalue weighted by Gasteiger charge is -2.25. The number of thioether (sulfide) groups is 1. The molecule has 0 saturated heterocycles. The number of furan rings is 2. The van der Waals surface area contributed by atoms with Crippen LogP contribution in [0.2, 0.25) is 0 Å². The highest BCUT2D eigenvalue weighted by atomic mass is 32.2. The highest BCUT2D eigenvalue weighted by molar-refractivity contribution is 8.03. The van der Waals surface area contributed by atoms with Crippen molar-refractivity contribution < 1.29 is 8.83 Å². The fourth-order valence-corrected chi connectivity index (χ4v) is 9.70. The molecule has 0 radical (unpaired) electrons. The lowest BCUT2D eigenvalue weighted by atomic mass is 9.96. The molecular formula is C50H30N2O2S. The minimum absolute atomic E-state index is 0.0215. The Kier molecular flexibility index (Phi) is 6.59. The van der Waals surface area contributed by atoms with E-state index in [9.17, 15) is 0 Å². The number of rotatable bonds is 4. The van der Waals surface area contributed by atoms with E-state index in [0.29, 0.717) is 0 Å². The molecule has 2 aromatic heterocycles. The van der Waals surface area contributed by atoms with E-state index in [1.54, 1.807) is 11.8 Å². The number of nitrogens with zero attached hydrogens (tertiary/aromatic N) is 1. The standard InChI is InChI=1S/C50H30N2O2S/c1-2-9-29(10-3-1)30-17-18-32-26-33(20-19-31(32)25-30)34-21-24-38-44(27-34)54-42-15-8-13-40(46(38)42)50-51-47(49-48(52-50)39-12-5-7-16-45(39)55-49)35-22-23-37-36-11-4-6-14-41(36)53-43(37)28-35/h1-28,48H,(H,51,52). The summed E-state index contributed by atoms with van der Waals surface area (Å²) in [5.74, 6) is 0.826. The van der Waals surface area contributed by atoms with E-state index in [1.165, 1.54) is 37.3 Å². The molecule has 12 rings (SSSR count). The van der Waals surface area contributed by atoms with Gasteiger partial charge in [0.25, 0.3) is 0 Å². The van der Waals surface area contributed by atoms with Crippen molar-refractivity contribution in [2.45, 2.75) is 10.9 Å². The Labute approximate surface area is 320 Å². The van der Waals surface area contributed by atoms with E-state index in [4.69, 9.17) is 13.8 Å². The van der Waals surface area contributed by atoms with E-state index < -0.39 is 0 Å². The first-order chi connectivity index (χ1) is 27.2. The molecule has 1 unspecified atom stereocenters. The molecule has 1 N–H and O–H groups in total. The Bertz CT molecular complexity index is 3280. The molecule has 0 fully saturated rings. The Morgan fingerprint density at radius 2 is 1.11 bits per heavy atom. The fourth-order valence-electron chi connectivity index (χ4n) is 8.45. The largest absolute Gasteiger partial charge is 0.456 e.